The number of hydrogen-bond acceptors (Lipinski definition) is 4. The van der Waals surface area contributed by atoms with Crippen LogP contribution in [0, 0.1) is 0 Å². The Hall–Kier alpha value is -3.02. The van der Waals surface area contributed by atoms with Crippen LogP contribution in [0.3, 0.4) is 0 Å². The summed E-state index contributed by atoms with van der Waals surface area (Å²) in [5.74, 6) is 1.51. The Balaban J connectivity index is 1.92. The van der Waals surface area contributed by atoms with Gasteiger partial charge in [-0.25, -0.2) is 0 Å². The highest BCUT2D eigenvalue weighted by molar-refractivity contribution is 6.71. The Bertz CT molecular complexity index is 983. The number of ether oxygens (including phenoxy) is 2. The maximum Gasteiger partial charge on any atom is 0.492 e. The fourth-order valence-corrected chi connectivity index (χ4v) is 3.63. The summed E-state index contributed by atoms with van der Waals surface area (Å²) >= 11 is 0. The highest BCUT2D eigenvalue weighted by atomic mass is 16.5. The lowest BCUT2D eigenvalue weighted by Crippen LogP contribution is -2.15. The van der Waals surface area contributed by atoms with E-state index in [4.69, 9.17) is 14.1 Å². The van der Waals surface area contributed by atoms with Crippen molar-refractivity contribution in [3.8, 4) is 11.5 Å². The van der Waals surface area contributed by atoms with Gasteiger partial charge in [-0.3, -0.25) is 0 Å². The summed E-state index contributed by atoms with van der Waals surface area (Å²) in [5.41, 5.74) is 4.42. The van der Waals surface area contributed by atoms with Crippen molar-refractivity contribution in [2.45, 2.75) is 6.10 Å². The molecule has 1 atom stereocenters. The maximum atomic E-state index is 10.8. The highest BCUT2D eigenvalue weighted by Crippen LogP contribution is 2.48. The molecule has 0 spiro atoms. The first-order chi connectivity index (χ1) is 13.7. The van der Waals surface area contributed by atoms with Crippen molar-refractivity contribution in [1.29, 1.82) is 0 Å². The van der Waals surface area contributed by atoms with E-state index < -0.39 is 13.2 Å². The van der Waals surface area contributed by atoms with Gasteiger partial charge in [0.05, 0.1) is 20.3 Å². The zero-order chi connectivity index (χ0) is 19.5. The standard InChI is InChI=1S/C23H21BO4/c1-26-18-14-12-17(13-15-18)23-21(19-10-6-7-11-20(19)27-2)22(24(25)28-23)16-8-4-3-5-9-16/h3-15,23,25H,1-2H3. The van der Waals surface area contributed by atoms with Gasteiger partial charge in [0.15, 0.2) is 0 Å². The minimum Gasteiger partial charge on any atom is -0.497 e. The molecule has 0 fully saturated rings. The molecule has 0 radical (unpaired) electrons. The van der Waals surface area contributed by atoms with Crippen molar-refractivity contribution >= 4 is 18.2 Å². The van der Waals surface area contributed by atoms with E-state index in [2.05, 4.69) is 0 Å². The maximum absolute atomic E-state index is 10.8. The molecule has 0 aromatic heterocycles. The Labute approximate surface area is 165 Å². The van der Waals surface area contributed by atoms with Crippen molar-refractivity contribution in [2.75, 3.05) is 14.2 Å². The second kappa shape index (κ2) is 7.93. The largest absolute Gasteiger partial charge is 0.497 e. The van der Waals surface area contributed by atoms with Crippen molar-refractivity contribution in [3.05, 3.63) is 95.6 Å². The van der Waals surface area contributed by atoms with E-state index in [1.165, 1.54) is 0 Å². The summed E-state index contributed by atoms with van der Waals surface area (Å²) in [6, 6.07) is 25.3. The molecule has 0 saturated carbocycles. The topological polar surface area (TPSA) is 47.9 Å². The third-order valence-electron chi connectivity index (χ3n) is 4.96. The molecule has 1 heterocycles. The van der Waals surface area contributed by atoms with E-state index in [0.29, 0.717) is 0 Å². The van der Waals surface area contributed by atoms with Crippen molar-refractivity contribution in [1.82, 2.24) is 0 Å². The number of para-hydroxylation sites is 1. The van der Waals surface area contributed by atoms with Crippen LogP contribution >= 0.6 is 0 Å². The molecule has 0 bridgehead atoms. The lowest BCUT2D eigenvalue weighted by molar-refractivity contribution is 0.236. The number of benzene rings is 3. The predicted octanol–water partition coefficient (Wildman–Crippen LogP) is 4.41. The van der Waals surface area contributed by atoms with Crippen LogP contribution in [0.2, 0.25) is 0 Å². The van der Waals surface area contributed by atoms with Crippen LogP contribution in [-0.2, 0) is 4.65 Å². The monoisotopic (exact) mass is 372 g/mol. The van der Waals surface area contributed by atoms with Crippen molar-refractivity contribution in [3.63, 3.8) is 0 Å². The molecule has 5 heteroatoms. The van der Waals surface area contributed by atoms with Gasteiger partial charge in [0.1, 0.15) is 11.5 Å². The second-order valence-electron chi connectivity index (χ2n) is 6.54. The van der Waals surface area contributed by atoms with Crippen molar-refractivity contribution < 1.29 is 19.2 Å². The molecule has 1 aliphatic heterocycles. The smallest absolute Gasteiger partial charge is 0.492 e. The Morgan fingerprint density at radius 1 is 0.821 bits per heavy atom. The fourth-order valence-electron chi connectivity index (χ4n) is 3.63. The van der Waals surface area contributed by atoms with E-state index in [9.17, 15) is 5.02 Å². The van der Waals surface area contributed by atoms with E-state index in [1.54, 1.807) is 14.2 Å². The third-order valence-corrected chi connectivity index (χ3v) is 4.96. The minimum atomic E-state index is -1.03. The van der Waals surface area contributed by atoms with Gasteiger partial charge < -0.3 is 19.2 Å². The molecule has 28 heavy (non-hydrogen) atoms. The van der Waals surface area contributed by atoms with Crippen LogP contribution in [0.1, 0.15) is 22.8 Å². The molecule has 0 aliphatic carbocycles. The van der Waals surface area contributed by atoms with Gasteiger partial charge in [-0.15, -0.1) is 0 Å². The van der Waals surface area contributed by atoms with Crippen LogP contribution < -0.4 is 9.47 Å². The molecular formula is C23H21BO4. The molecular weight excluding hydrogens is 351 g/mol. The fraction of sp³-hybridized carbons (Fsp3) is 0.130. The number of methoxy groups -OCH3 is 2. The number of rotatable bonds is 5. The van der Waals surface area contributed by atoms with Crippen LogP contribution in [0.25, 0.3) is 11.0 Å². The summed E-state index contributed by atoms with van der Waals surface area (Å²) in [6.45, 7) is 0. The SMILES string of the molecule is COc1ccc(C2OB(O)C(c3ccccc3)=C2c2ccccc2OC)cc1. The third kappa shape index (κ3) is 3.30. The van der Waals surface area contributed by atoms with E-state index in [0.717, 1.165) is 39.2 Å². The van der Waals surface area contributed by atoms with Gasteiger partial charge in [0, 0.05) is 5.56 Å². The molecule has 1 unspecified atom stereocenters. The van der Waals surface area contributed by atoms with Gasteiger partial charge >= 0.3 is 7.12 Å². The first kappa shape index (κ1) is 18.4. The molecule has 0 saturated heterocycles. The van der Waals surface area contributed by atoms with Gasteiger partial charge in [0.2, 0.25) is 0 Å². The summed E-state index contributed by atoms with van der Waals surface area (Å²) in [5, 5.41) is 10.8. The zero-order valence-corrected chi connectivity index (χ0v) is 15.8. The summed E-state index contributed by atoms with van der Waals surface area (Å²) in [4.78, 5) is 0. The predicted molar refractivity (Wildman–Crippen MR) is 111 cm³/mol. The molecule has 1 N–H and O–H groups in total. The van der Waals surface area contributed by atoms with Crippen molar-refractivity contribution in [2.24, 2.45) is 0 Å². The zero-order valence-electron chi connectivity index (χ0n) is 15.8. The van der Waals surface area contributed by atoms with Gasteiger partial charge in [-0.05, 0) is 40.4 Å². The molecule has 4 rings (SSSR count). The quantitative estimate of drug-likeness (QED) is 0.675. The van der Waals surface area contributed by atoms with Crippen LogP contribution in [0.15, 0.2) is 78.9 Å². The molecule has 3 aromatic rings. The van der Waals surface area contributed by atoms with Gasteiger partial charge in [0.25, 0.3) is 0 Å². The van der Waals surface area contributed by atoms with Crippen LogP contribution in [0.4, 0.5) is 0 Å². The van der Waals surface area contributed by atoms with E-state index in [1.807, 2.05) is 78.9 Å². The van der Waals surface area contributed by atoms with Crippen LogP contribution in [0.5, 0.6) is 11.5 Å². The normalized spacial score (nSPS) is 16.4. The highest BCUT2D eigenvalue weighted by Gasteiger charge is 2.40. The summed E-state index contributed by atoms with van der Waals surface area (Å²) in [7, 11) is 2.25. The Morgan fingerprint density at radius 3 is 2.18 bits per heavy atom. The molecule has 140 valence electrons. The first-order valence-corrected chi connectivity index (χ1v) is 9.13. The van der Waals surface area contributed by atoms with Crippen LogP contribution in [-0.4, -0.2) is 26.4 Å². The van der Waals surface area contributed by atoms with Gasteiger partial charge in [-0.2, -0.15) is 0 Å². The minimum absolute atomic E-state index is 0.424. The average molecular weight is 372 g/mol. The summed E-state index contributed by atoms with van der Waals surface area (Å²) < 4.78 is 16.9. The number of hydrogen-bond donors (Lipinski definition) is 1. The lowest BCUT2D eigenvalue weighted by atomic mass is 9.72. The van der Waals surface area contributed by atoms with E-state index >= 15 is 0 Å². The molecule has 4 nitrogen and oxygen atoms in total. The molecule has 3 aromatic carbocycles. The molecule has 1 aliphatic rings. The lowest BCUT2D eigenvalue weighted by Gasteiger charge is -2.19. The first-order valence-electron chi connectivity index (χ1n) is 9.13. The average Bonchev–Trinajstić information content (AvgIpc) is 3.11. The Kier molecular flexibility index (Phi) is 5.19. The molecule has 0 amide bonds. The summed E-state index contributed by atoms with van der Waals surface area (Å²) in [6.07, 6.45) is -0.424. The Morgan fingerprint density at radius 2 is 1.50 bits per heavy atom. The second-order valence-corrected chi connectivity index (χ2v) is 6.54. The van der Waals surface area contributed by atoms with Gasteiger partial charge in [-0.1, -0.05) is 60.7 Å². The van der Waals surface area contributed by atoms with E-state index in [-0.39, 0.29) is 0 Å².